The van der Waals surface area contributed by atoms with Crippen LogP contribution in [-0.2, 0) is 0 Å². The number of carbonyl (C=O) groups is 1. The summed E-state index contributed by atoms with van der Waals surface area (Å²) in [4.78, 5) is 11.3. The largest absolute Gasteiger partial charge is 0.490 e. The number of para-hydroxylation sites is 1. The predicted molar refractivity (Wildman–Crippen MR) is 68.3 cm³/mol. The van der Waals surface area contributed by atoms with Gasteiger partial charge in [-0.25, -0.2) is 0 Å². The molecule has 4 heteroatoms. The van der Waals surface area contributed by atoms with E-state index < -0.39 is 5.91 Å². The number of carbonyl (C=O) groups excluding carboxylic acids is 1. The zero-order valence-corrected chi connectivity index (χ0v) is 10.3. The average Bonchev–Trinajstić information content (AvgIpc) is 2.24. The van der Waals surface area contributed by atoms with Crippen LogP contribution in [0.2, 0.25) is 0 Å². The lowest BCUT2D eigenvalue weighted by Gasteiger charge is -2.56. The molecule has 2 saturated carbocycles. The fourth-order valence-electron chi connectivity index (χ4n) is 3.33. The number of benzene rings is 1. The Kier molecular flexibility index (Phi) is 2.55. The Morgan fingerprint density at radius 2 is 1.89 bits per heavy atom. The van der Waals surface area contributed by atoms with Crippen molar-refractivity contribution in [2.45, 2.75) is 37.8 Å². The zero-order valence-electron chi connectivity index (χ0n) is 10.3. The van der Waals surface area contributed by atoms with Gasteiger partial charge in [-0.15, -0.1) is 0 Å². The Balaban J connectivity index is 1.63. The third-order valence-corrected chi connectivity index (χ3v) is 4.16. The molecule has 3 rings (SSSR count). The molecule has 96 valence electrons. The predicted octanol–water partition coefficient (Wildman–Crippen LogP) is 1.43. The highest BCUT2D eigenvalue weighted by Gasteiger charge is 2.52. The minimum atomic E-state index is -0.440. The molecular weight excluding hydrogens is 228 g/mol. The summed E-state index contributed by atoms with van der Waals surface area (Å²) in [6.07, 6.45) is 4.54. The van der Waals surface area contributed by atoms with Crippen molar-refractivity contribution >= 4 is 5.91 Å². The summed E-state index contributed by atoms with van der Waals surface area (Å²) in [6.45, 7) is 0. The van der Waals surface area contributed by atoms with Crippen molar-refractivity contribution in [3.63, 3.8) is 0 Å². The van der Waals surface area contributed by atoms with Crippen molar-refractivity contribution in [3.05, 3.63) is 29.8 Å². The molecule has 1 aromatic rings. The van der Waals surface area contributed by atoms with E-state index in [4.69, 9.17) is 16.2 Å². The molecule has 2 fully saturated rings. The van der Waals surface area contributed by atoms with Gasteiger partial charge in [0.2, 0.25) is 0 Å². The van der Waals surface area contributed by atoms with Crippen molar-refractivity contribution < 1.29 is 9.53 Å². The fourth-order valence-corrected chi connectivity index (χ4v) is 3.33. The number of hydrogen-bond donors (Lipinski definition) is 2. The van der Waals surface area contributed by atoms with Crippen LogP contribution in [0.5, 0.6) is 5.75 Å². The lowest BCUT2D eigenvalue weighted by molar-refractivity contribution is -0.0782. The Bertz CT molecular complexity index is 472. The number of hydrogen-bond acceptors (Lipinski definition) is 3. The Labute approximate surface area is 106 Å². The summed E-state index contributed by atoms with van der Waals surface area (Å²) in [7, 11) is 0. The third kappa shape index (κ3) is 1.86. The summed E-state index contributed by atoms with van der Waals surface area (Å²) < 4.78 is 5.87. The average molecular weight is 246 g/mol. The van der Waals surface area contributed by atoms with E-state index in [9.17, 15) is 4.79 Å². The molecule has 0 unspecified atom stereocenters. The molecule has 4 N–H and O–H groups in total. The molecule has 1 amide bonds. The first-order valence-electron chi connectivity index (χ1n) is 6.39. The molecule has 0 radical (unpaired) electrons. The lowest BCUT2D eigenvalue weighted by atomic mass is 9.53. The fraction of sp³-hybridized carbons (Fsp3) is 0.500. The molecule has 0 saturated heterocycles. The highest BCUT2D eigenvalue weighted by molar-refractivity contribution is 5.95. The molecule has 0 bridgehead atoms. The first-order chi connectivity index (χ1) is 8.58. The second-order valence-corrected chi connectivity index (χ2v) is 5.68. The number of primary amides is 1. The second kappa shape index (κ2) is 3.99. The first-order valence-corrected chi connectivity index (χ1v) is 6.39. The van der Waals surface area contributed by atoms with E-state index in [1.807, 2.05) is 6.07 Å². The second-order valence-electron chi connectivity index (χ2n) is 5.68. The van der Waals surface area contributed by atoms with E-state index in [0.29, 0.717) is 22.8 Å². The van der Waals surface area contributed by atoms with E-state index in [1.165, 1.54) is 0 Å². The quantitative estimate of drug-likeness (QED) is 0.847. The van der Waals surface area contributed by atoms with E-state index in [1.54, 1.807) is 18.2 Å². The van der Waals surface area contributed by atoms with Crippen LogP contribution in [0.3, 0.4) is 0 Å². The molecule has 0 atom stereocenters. The van der Waals surface area contributed by atoms with Crippen molar-refractivity contribution in [2.24, 2.45) is 16.9 Å². The number of ether oxygens (including phenoxy) is 1. The van der Waals surface area contributed by atoms with E-state index in [2.05, 4.69) is 0 Å². The summed E-state index contributed by atoms with van der Waals surface area (Å²) in [6, 6.07) is 7.53. The van der Waals surface area contributed by atoms with Gasteiger partial charge in [-0.05, 0) is 43.2 Å². The molecule has 18 heavy (non-hydrogen) atoms. The van der Waals surface area contributed by atoms with Crippen LogP contribution < -0.4 is 16.2 Å². The van der Waals surface area contributed by atoms with Gasteiger partial charge in [0.05, 0.1) is 11.7 Å². The summed E-state index contributed by atoms with van der Waals surface area (Å²) in [5.41, 5.74) is 12.0. The molecule has 1 aromatic carbocycles. The molecule has 0 aliphatic heterocycles. The van der Waals surface area contributed by atoms with Crippen LogP contribution in [0.25, 0.3) is 0 Å². The minimum Gasteiger partial charge on any atom is -0.490 e. The highest BCUT2D eigenvalue weighted by Crippen LogP contribution is 2.56. The molecule has 1 spiro atoms. The molecule has 0 heterocycles. The van der Waals surface area contributed by atoms with Crippen LogP contribution >= 0.6 is 0 Å². The van der Waals surface area contributed by atoms with Gasteiger partial charge in [0, 0.05) is 6.04 Å². The maximum absolute atomic E-state index is 11.3. The highest BCUT2D eigenvalue weighted by atomic mass is 16.5. The maximum atomic E-state index is 11.3. The van der Waals surface area contributed by atoms with Gasteiger partial charge in [-0.2, -0.15) is 0 Å². The standard InChI is InChI=1S/C14H18N2O2/c15-9-5-14(6-9)7-10(8-14)18-12-4-2-1-3-11(12)13(16)17/h1-4,9-10H,5-8,15H2,(H2,16,17). The summed E-state index contributed by atoms with van der Waals surface area (Å²) >= 11 is 0. The Hall–Kier alpha value is -1.55. The number of amides is 1. The van der Waals surface area contributed by atoms with Gasteiger partial charge in [0.1, 0.15) is 5.75 Å². The van der Waals surface area contributed by atoms with Crippen molar-refractivity contribution in [1.82, 2.24) is 0 Å². The zero-order chi connectivity index (χ0) is 12.8. The van der Waals surface area contributed by atoms with Crippen molar-refractivity contribution in [1.29, 1.82) is 0 Å². The monoisotopic (exact) mass is 246 g/mol. The van der Waals surface area contributed by atoms with Gasteiger partial charge >= 0.3 is 0 Å². The topological polar surface area (TPSA) is 78.3 Å². The van der Waals surface area contributed by atoms with Gasteiger partial charge < -0.3 is 16.2 Å². The molecular formula is C14H18N2O2. The normalized spacial score (nSPS) is 33.6. The number of nitrogens with two attached hydrogens (primary N) is 2. The van der Waals surface area contributed by atoms with E-state index in [0.717, 1.165) is 25.7 Å². The third-order valence-electron chi connectivity index (χ3n) is 4.16. The van der Waals surface area contributed by atoms with E-state index in [-0.39, 0.29) is 6.10 Å². The Morgan fingerprint density at radius 1 is 1.22 bits per heavy atom. The van der Waals surface area contributed by atoms with Crippen LogP contribution in [0.1, 0.15) is 36.0 Å². The van der Waals surface area contributed by atoms with Gasteiger partial charge in [-0.1, -0.05) is 12.1 Å². The SMILES string of the molecule is NC(=O)c1ccccc1OC1CC2(CC(N)C2)C1. The van der Waals surface area contributed by atoms with Gasteiger partial charge in [0.25, 0.3) is 5.91 Å². The van der Waals surface area contributed by atoms with Crippen LogP contribution in [0.15, 0.2) is 24.3 Å². The summed E-state index contributed by atoms with van der Waals surface area (Å²) in [5, 5.41) is 0. The Morgan fingerprint density at radius 3 is 2.50 bits per heavy atom. The van der Waals surface area contributed by atoms with Crippen LogP contribution in [0, 0.1) is 5.41 Å². The molecule has 2 aliphatic rings. The maximum Gasteiger partial charge on any atom is 0.252 e. The minimum absolute atomic E-state index is 0.206. The first kappa shape index (κ1) is 11.5. The lowest BCUT2D eigenvalue weighted by Crippen LogP contribution is -2.56. The molecule has 2 aliphatic carbocycles. The smallest absolute Gasteiger partial charge is 0.252 e. The number of rotatable bonds is 3. The van der Waals surface area contributed by atoms with Crippen molar-refractivity contribution in [2.75, 3.05) is 0 Å². The van der Waals surface area contributed by atoms with Crippen molar-refractivity contribution in [3.8, 4) is 5.75 Å². The summed E-state index contributed by atoms with van der Waals surface area (Å²) in [5.74, 6) is 0.166. The van der Waals surface area contributed by atoms with E-state index >= 15 is 0 Å². The molecule has 4 nitrogen and oxygen atoms in total. The molecule has 0 aromatic heterocycles. The van der Waals surface area contributed by atoms with Gasteiger partial charge in [-0.3, -0.25) is 4.79 Å². The van der Waals surface area contributed by atoms with Crippen LogP contribution in [-0.4, -0.2) is 18.1 Å². The van der Waals surface area contributed by atoms with Gasteiger partial charge in [0.15, 0.2) is 0 Å². The van der Waals surface area contributed by atoms with Crippen LogP contribution in [0.4, 0.5) is 0 Å².